The normalized spacial score (nSPS) is 17.4. The minimum atomic E-state index is -1.13. The lowest BCUT2D eigenvalue weighted by molar-refractivity contribution is -0.190. The molecule has 2 unspecified atom stereocenters. The fourth-order valence-electron chi connectivity index (χ4n) is 9.75. The number of hydrogen-bond donors (Lipinski definition) is 3. The zero-order valence-electron chi connectivity index (χ0n) is 45.1. The SMILES string of the molecule is CCCCCCCCCCC[C@@H](C[C@H](O)[C@H](CCCCCC)C(=O)NC(CC(C)C)C(=O)O[C@@H](CCCCCCCCCCC)C[C@@H]1OC(=O)[C@H]1CCCCCC)OC(=O)C(CC(C)C)NC=O. The van der Waals surface area contributed by atoms with Crippen molar-refractivity contribution in [3.8, 4) is 0 Å². The molecular weight excluding hydrogens is 857 g/mol. The highest BCUT2D eigenvalue weighted by Gasteiger charge is 2.44. The third kappa shape index (κ3) is 30.1. The summed E-state index contributed by atoms with van der Waals surface area (Å²) in [4.78, 5) is 66.5. The highest BCUT2D eigenvalue weighted by molar-refractivity contribution is 5.86. The molecule has 398 valence electrons. The molecule has 3 N–H and O–H groups in total. The number of esters is 3. The molecule has 1 aliphatic heterocycles. The van der Waals surface area contributed by atoms with Gasteiger partial charge in [-0.05, 0) is 63.2 Å². The van der Waals surface area contributed by atoms with Crippen LogP contribution in [-0.2, 0) is 38.2 Å². The summed E-state index contributed by atoms with van der Waals surface area (Å²) in [6.45, 7) is 16.7. The quantitative estimate of drug-likeness (QED) is 0.0234. The van der Waals surface area contributed by atoms with Crippen molar-refractivity contribution in [3.05, 3.63) is 0 Å². The standard InChI is InChI=1S/C57H106N2O9/c1-9-13-17-21-23-25-27-29-31-35-46(66-56(64)50(58-43-60)39-44(5)6)41-52(61)48(37-33-19-15-11-3)54(62)59-51(40-45(7)8)57(65)67-47(36-32-30-28-26-24-22-18-14-10-2)42-53-49(55(63)68-53)38-34-20-16-12-4/h43-53,61H,9-42H2,1-8H3,(H,58,60)(H,59,62)/t46-,47-,48-,49-,50?,51?,52-,53-/m0/s1. The molecule has 0 aromatic rings. The number of aliphatic hydroxyl groups excluding tert-OH is 1. The number of ether oxygens (including phenoxy) is 3. The third-order valence-corrected chi connectivity index (χ3v) is 14.0. The van der Waals surface area contributed by atoms with E-state index in [2.05, 4.69) is 38.3 Å². The number of amides is 2. The number of carbonyl (C=O) groups is 5. The van der Waals surface area contributed by atoms with Gasteiger partial charge in [0.1, 0.15) is 30.4 Å². The predicted octanol–water partition coefficient (Wildman–Crippen LogP) is 13.6. The smallest absolute Gasteiger partial charge is 0.328 e. The van der Waals surface area contributed by atoms with E-state index in [-0.39, 0.29) is 36.2 Å². The van der Waals surface area contributed by atoms with Gasteiger partial charge in [0.25, 0.3) is 0 Å². The zero-order chi connectivity index (χ0) is 50.4. The van der Waals surface area contributed by atoms with Crippen LogP contribution < -0.4 is 10.6 Å². The Hall–Kier alpha value is -2.69. The number of unbranched alkanes of at least 4 members (excludes halogenated alkanes) is 22. The molecule has 1 heterocycles. The van der Waals surface area contributed by atoms with Crippen LogP contribution in [0.5, 0.6) is 0 Å². The van der Waals surface area contributed by atoms with E-state index in [1.165, 1.54) is 70.6 Å². The van der Waals surface area contributed by atoms with Crippen LogP contribution in [0.2, 0.25) is 0 Å². The summed E-state index contributed by atoms with van der Waals surface area (Å²) in [7, 11) is 0. The van der Waals surface area contributed by atoms with Gasteiger partial charge in [-0.2, -0.15) is 0 Å². The Kier molecular flexibility index (Phi) is 38.2. The van der Waals surface area contributed by atoms with Crippen LogP contribution in [0.4, 0.5) is 0 Å². The topological polar surface area (TPSA) is 157 Å². The van der Waals surface area contributed by atoms with Gasteiger partial charge in [0.15, 0.2) is 0 Å². The number of rotatable bonds is 47. The first kappa shape index (κ1) is 63.3. The van der Waals surface area contributed by atoms with Crippen molar-refractivity contribution >= 4 is 30.2 Å². The van der Waals surface area contributed by atoms with Gasteiger partial charge in [0.05, 0.1) is 17.9 Å². The molecule has 8 atom stereocenters. The van der Waals surface area contributed by atoms with E-state index in [0.717, 1.165) is 103 Å². The first-order chi connectivity index (χ1) is 32.8. The van der Waals surface area contributed by atoms with E-state index in [1.807, 2.05) is 27.7 Å². The summed E-state index contributed by atoms with van der Waals surface area (Å²) in [6.07, 6.45) is 30.5. The Morgan fingerprint density at radius 1 is 0.574 bits per heavy atom. The molecule has 1 aliphatic rings. The Labute approximate surface area is 416 Å². The molecule has 2 amide bonds. The van der Waals surface area contributed by atoms with E-state index in [1.54, 1.807) is 0 Å². The fourth-order valence-corrected chi connectivity index (χ4v) is 9.75. The van der Waals surface area contributed by atoms with Crippen LogP contribution >= 0.6 is 0 Å². The molecule has 0 aliphatic carbocycles. The van der Waals surface area contributed by atoms with Gasteiger partial charge < -0.3 is 30.0 Å². The van der Waals surface area contributed by atoms with Gasteiger partial charge in [0, 0.05) is 12.8 Å². The van der Waals surface area contributed by atoms with Gasteiger partial charge in [-0.3, -0.25) is 14.4 Å². The van der Waals surface area contributed by atoms with Crippen LogP contribution in [0.25, 0.3) is 0 Å². The molecule has 11 heteroatoms. The van der Waals surface area contributed by atoms with Crippen LogP contribution in [0.3, 0.4) is 0 Å². The minimum absolute atomic E-state index is 0.0653. The monoisotopic (exact) mass is 963 g/mol. The van der Waals surface area contributed by atoms with Gasteiger partial charge in [0.2, 0.25) is 12.3 Å². The Morgan fingerprint density at radius 2 is 0.985 bits per heavy atom. The molecule has 0 aromatic heterocycles. The van der Waals surface area contributed by atoms with Crippen LogP contribution in [0.1, 0.15) is 274 Å². The zero-order valence-corrected chi connectivity index (χ0v) is 45.1. The fraction of sp³-hybridized carbons (Fsp3) is 0.912. The molecule has 1 rings (SSSR count). The lowest BCUT2D eigenvalue weighted by Crippen LogP contribution is -2.50. The van der Waals surface area contributed by atoms with Crippen molar-refractivity contribution in [1.29, 1.82) is 0 Å². The van der Waals surface area contributed by atoms with Crippen molar-refractivity contribution in [2.24, 2.45) is 23.7 Å². The van der Waals surface area contributed by atoms with E-state index in [9.17, 15) is 29.1 Å². The second-order valence-electron chi connectivity index (χ2n) is 21.4. The van der Waals surface area contributed by atoms with E-state index >= 15 is 0 Å². The lowest BCUT2D eigenvalue weighted by Gasteiger charge is -2.37. The third-order valence-electron chi connectivity index (χ3n) is 14.0. The van der Waals surface area contributed by atoms with Crippen molar-refractivity contribution in [2.45, 2.75) is 310 Å². The van der Waals surface area contributed by atoms with Gasteiger partial charge >= 0.3 is 17.9 Å². The van der Waals surface area contributed by atoms with Crippen LogP contribution in [-0.4, -0.2) is 71.8 Å². The summed E-state index contributed by atoms with van der Waals surface area (Å²) >= 11 is 0. The maximum atomic E-state index is 14.5. The first-order valence-corrected chi connectivity index (χ1v) is 28.6. The molecule has 0 saturated carbocycles. The summed E-state index contributed by atoms with van der Waals surface area (Å²) in [5, 5.41) is 17.7. The Balaban J connectivity index is 3.28. The molecule has 11 nitrogen and oxygen atoms in total. The predicted molar refractivity (Wildman–Crippen MR) is 277 cm³/mol. The van der Waals surface area contributed by atoms with Crippen molar-refractivity contribution in [1.82, 2.24) is 10.6 Å². The number of nitrogens with one attached hydrogen (secondary N) is 2. The average Bonchev–Trinajstić information content (AvgIpc) is 3.29. The number of carbonyl (C=O) groups excluding carboxylic acids is 5. The molecule has 0 aromatic carbocycles. The molecule has 0 spiro atoms. The molecule has 68 heavy (non-hydrogen) atoms. The van der Waals surface area contributed by atoms with Crippen molar-refractivity contribution in [3.63, 3.8) is 0 Å². The molecular formula is C57H106N2O9. The number of aliphatic hydroxyl groups is 1. The van der Waals surface area contributed by atoms with Crippen molar-refractivity contribution in [2.75, 3.05) is 0 Å². The summed E-state index contributed by atoms with van der Waals surface area (Å²) in [6, 6.07) is -1.72. The maximum Gasteiger partial charge on any atom is 0.328 e. The van der Waals surface area contributed by atoms with E-state index in [0.29, 0.717) is 44.9 Å². The molecule has 0 bridgehead atoms. The minimum Gasteiger partial charge on any atom is -0.461 e. The Bertz CT molecular complexity index is 1290. The lowest BCUT2D eigenvalue weighted by atomic mass is 9.86. The van der Waals surface area contributed by atoms with E-state index in [4.69, 9.17) is 14.2 Å². The van der Waals surface area contributed by atoms with Gasteiger partial charge in [-0.15, -0.1) is 0 Å². The molecule has 1 fully saturated rings. The average molecular weight is 963 g/mol. The second kappa shape index (κ2) is 41.0. The van der Waals surface area contributed by atoms with Crippen molar-refractivity contribution < 1.29 is 43.3 Å². The van der Waals surface area contributed by atoms with Crippen LogP contribution in [0.15, 0.2) is 0 Å². The second-order valence-corrected chi connectivity index (χ2v) is 21.4. The highest BCUT2D eigenvalue weighted by atomic mass is 16.6. The summed E-state index contributed by atoms with van der Waals surface area (Å²) in [5.74, 6) is -2.39. The number of cyclic esters (lactones) is 1. The van der Waals surface area contributed by atoms with Gasteiger partial charge in [-0.25, -0.2) is 9.59 Å². The molecule has 1 saturated heterocycles. The first-order valence-electron chi connectivity index (χ1n) is 28.6. The maximum absolute atomic E-state index is 14.5. The summed E-state index contributed by atoms with van der Waals surface area (Å²) < 4.78 is 18.1. The largest absolute Gasteiger partial charge is 0.461 e. The highest BCUT2D eigenvalue weighted by Crippen LogP contribution is 2.33. The van der Waals surface area contributed by atoms with E-state index < -0.39 is 54.2 Å². The van der Waals surface area contributed by atoms with Gasteiger partial charge in [-0.1, -0.05) is 209 Å². The van der Waals surface area contributed by atoms with Crippen LogP contribution in [0, 0.1) is 23.7 Å². The molecule has 0 radical (unpaired) electrons. The summed E-state index contributed by atoms with van der Waals surface area (Å²) in [5.41, 5.74) is 0. The Morgan fingerprint density at radius 3 is 1.47 bits per heavy atom. The number of hydrogen-bond acceptors (Lipinski definition) is 9.